The van der Waals surface area contributed by atoms with Crippen molar-refractivity contribution in [2.24, 2.45) is 5.92 Å². The van der Waals surface area contributed by atoms with Crippen molar-refractivity contribution in [3.63, 3.8) is 0 Å². The van der Waals surface area contributed by atoms with E-state index in [1.807, 2.05) is 12.1 Å². The number of hydrogen-bond donors (Lipinski definition) is 1. The highest BCUT2D eigenvalue weighted by Crippen LogP contribution is 2.27. The number of aliphatic hydroxyl groups excluding tert-OH is 1. The second kappa shape index (κ2) is 7.28. The zero-order valence-electron chi connectivity index (χ0n) is 12.0. The van der Waals surface area contributed by atoms with E-state index >= 15 is 0 Å². The predicted octanol–water partition coefficient (Wildman–Crippen LogP) is 2.03. The molecule has 0 unspecified atom stereocenters. The van der Waals surface area contributed by atoms with Crippen LogP contribution in [0.15, 0.2) is 24.3 Å². The van der Waals surface area contributed by atoms with E-state index in [9.17, 15) is 5.11 Å². The van der Waals surface area contributed by atoms with Crippen LogP contribution in [0.3, 0.4) is 0 Å². The summed E-state index contributed by atoms with van der Waals surface area (Å²) < 4.78 is 5.64. The molecule has 108 valence electrons. The molecule has 0 heterocycles. The van der Waals surface area contributed by atoms with Crippen LogP contribution in [0.2, 0.25) is 0 Å². The van der Waals surface area contributed by atoms with Crippen LogP contribution in [0.4, 0.5) is 0 Å². The number of nitrogens with zero attached hydrogens (tertiary/aromatic N) is 2. The first-order valence-corrected chi connectivity index (χ1v) is 7.17. The highest BCUT2D eigenvalue weighted by Gasteiger charge is 2.27. The van der Waals surface area contributed by atoms with Gasteiger partial charge in [-0.1, -0.05) is 6.07 Å². The molecule has 1 saturated carbocycles. The Morgan fingerprint density at radius 3 is 2.95 bits per heavy atom. The third-order valence-electron chi connectivity index (χ3n) is 3.70. The number of rotatable bonds is 7. The fraction of sp³-hybridized carbons (Fsp3) is 0.562. The van der Waals surface area contributed by atoms with Crippen LogP contribution in [-0.2, 0) is 0 Å². The van der Waals surface area contributed by atoms with Gasteiger partial charge in [0.05, 0.1) is 24.3 Å². The van der Waals surface area contributed by atoms with Gasteiger partial charge in [-0.25, -0.2) is 0 Å². The highest BCUT2D eigenvalue weighted by atomic mass is 16.5. The van der Waals surface area contributed by atoms with Crippen LogP contribution < -0.4 is 4.74 Å². The summed E-state index contributed by atoms with van der Waals surface area (Å²) in [5.41, 5.74) is 0.628. The Morgan fingerprint density at radius 2 is 2.25 bits per heavy atom. The molecule has 20 heavy (non-hydrogen) atoms. The minimum Gasteiger partial charge on any atom is -0.494 e. The molecular weight excluding hydrogens is 252 g/mol. The SMILES string of the molecule is CN(CCCOc1cccc(C#N)c1)CC1CC(O)C1. The van der Waals surface area contributed by atoms with Gasteiger partial charge in [0, 0.05) is 13.1 Å². The lowest BCUT2D eigenvalue weighted by atomic mass is 9.82. The van der Waals surface area contributed by atoms with Crippen molar-refractivity contribution in [1.82, 2.24) is 4.90 Å². The monoisotopic (exact) mass is 274 g/mol. The first kappa shape index (κ1) is 14.8. The molecule has 1 aromatic rings. The van der Waals surface area contributed by atoms with Crippen molar-refractivity contribution in [3.8, 4) is 11.8 Å². The molecule has 1 aromatic carbocycles. The molecule has 0 amide bonds. The molecule has 4 heteroatoms. The van der Waals surface area contributed by atoms with E-state index < -0.39 is 0 Å². The fourth-order valence-electron chi connectivity index (χ4n) is 2.56. The van der Waals surface area contributed by atoms with E-state index in [1.165, 1.54) is 0 Å². The molecule has 1 N–H and O–H groups in total. The summed E-state index contributed by atoms with van der Waals surface area (Å²) in [6.07, 6.45) is 2.79. The van der Waals surface area contributed by atoms with E-state index in [1.54, 1.807) is 12.1 Å². The molecule has 0 atom stereocenters. The normalized spacial score (nSPS) is 21.3. The summed E-state index contributed by atoms with van der Waals surface area (Å²) in [5.74, 6) is 1.41. The third kappa shape index (κ3) is 4.52. The van der Waals surface area contributed by atoms with Crippen LogP contribution in [0, 0.1) is 17.2 Å². The lowest BCUT2D eigenvalue weighted by Crippen LogP contribution is -2.37. The number of aliphatic hydroxyl groups is 1. The largest absolute Gasteiger partial charge is 0.494 e. The lowest BCUT2D eigenvalue weighted by molar-refractivity contribution is 0.0278. The van der Waals surface area contributed by atoms with E-state index in [0.717, 1.165) is 38.1 Å². The molecule has 0 radical (unpaired) electrons. The fourth-order valence-corrected chi connectivity index (χ4v) is 2.56. The van der Waals surface area contributed by atoms with Crippen molar-refractivity contribution in [1.29, 1.82) is 5.26 Å². The van der Waals surface area contributed by atoms with Gasteiger partial charge in [-0.3, -0.25) is 0 Å². The molecule has 0 aliphatic heterocycles. The Kier molecular flexibility index (Phi) is 5.40. The summed E-state index contributed by atoms with van der Waals surface area (Å²) in [7, 11) is 2.11. The van der Waals surface area contributed by atoms with E-state index in [0.29, 0.717) is 18.1 Å². The molecule has 0 bridgehead atoms. The van der Waals surface area contributed by atoms with Crippen LogP contribution in [0.25, 0.3) is 0 Å². The Labute approximate surface area is 120 Å². The molecule has 1 aliphatic carbocycles. The minimum atomic E-state index is -0.0656. The molecule has 1 fully saturated rings. The maximum absolute atomic E-state index is 9.25. The topological polar surface area (TPSA) is 56.5 Å². The molecular formula is C16H22N2O2. The average Bonchev–Trinajstić information content (AvgIpc) is 2.42. The molecule has 0 spiro atoms. The number of ether oxygens (including phenoxy) is 1. The van der Waals surface area contributed by atoms with Gasteiger partial charge in [0.2, 0.25) is 0 Å². The van der Waals surface area contributed by atoms with Gasteiger partial charge in [-0.05, 0) is 50.4 Å². The first-order valence-electron chi connectivity index (χ1n) is 7.17. The summed E-state index contributed by atoms with van der Waals surface area (Å²) in [5, 5.41) is 18.1. The van der Waals surface area contributed by atoms with Crippen molar-refractivity contribution in [2.75, 3.05) is 26.7 Å². The summed E-state index contributed by atoms with van der Waals surface area (Å²) >= 11 is 0. The zero-order chi connectivity index (χ0) is 14.4. The third-order valence-corrected chi connectivity index (χ3v) is 3.70. The van der Waals surface area contributed by atoms with Gasteiger partial charge in [0.1, 0.15) is 5.75 Å². The smallest absolute Gasteiger partial charge is 0.120 e. The predicted molar refractivity (Wildman–Crippen MR) is 77.5 cm³/mol. The first-order chi connectivity index (χ1) is 9.67. The maximum atomic E-state index is 9.25. The van der Waals surface area contributed by atoms with E-state index in [2.05, 4.69) is 18.0 Å². The molecule has 0 aromatic heterocycles. The van der Waals surface area contributed by atoms with Crippen LogP contribution in [0.5, 0.6) is 5.75 Å². The molecule has 0 saturated heterocycles. The van der Waals surface area contributed by atoms with Crippen LogP contribution in [0.1, 0.15) is 24.8 Å². The number of benzene rings is 1. The quantitative estimate of drug-likeness (QED) is 0.773. The maximum Gasteiger partial charge on any atom is 0.120 e. The van der Waals surface area contributed by atoms with Gasteiger partial charge in [0.25, 0.3) is 0 Å². The van der Waals surface area contributed by atoms with Crippen molar-refractivity contribution in [2.45, 2.75) is 25.4 Å². The summed E-state index contributed by atoms with van der Waals surface area (Å²) in [6, 6.07) is 9.35. The molecule has 1 aliphatic rings. The van der Waals surface area contributed by atoms with E-state index in [4.69, 9.17) is 10.00 Å². The molecule has 4 nitrogen and oxygen atoms in total. The van der Waals surface area contributed by atoms with Crippen LogP contribution >= 0.6 is 0 Å². The standard InChI is InChI=1S/C16H22N2O2/c1-18(12-14-8-15(19)9-14)6-3-7-20-16-5-2-4-13(10-16)11-17/h2,4-5,10,14-15,19H,3,6-9,12H2,1H3. The second-order valence-electron chi connectivity index (χ2n) is 5.60. The molecule has 2 rings (SSSR count). The van der Waals surface area contributed by atoms with Gasteiger partial charge in [-0.2, -0.15) is 5.26 Å². The van der Waals surface area contributed by atoms with Gasteiger partial charge >= 0.3 is 0 Å². The van der Waals surface area contributed by atoms with E-state index in [-0.39, 0.29) is 6.10 Å². The number of nitriles is 1. The van der Waals surface area contributed by atoms with Gasteiger partial charge in [0.15, 0.2) is 0 Å². The van der Waals surface area contributed by atoms with Crippen molar-refractivity contribution < 1.29 is 9.84 Å². The Bertz CT molecular complexity index is 464. The Morgan fingerprint density at radius 1 is 1.45 bits per heavy atom. The van der Waals surface area contributed by atoms with Gasteiger partial charge < -0.3 is 14.7 Å². The zero-order valence-corrected chi connectivity index (χ0v) is 12.0. The minimum absolute atomic E-state index is 0.0656. The van der Waals surface area contributed by atoms with Gasteiger partial charge in [-0.15, -0.1) is 0 Å². The summed E-state index contributed by atoms with van der Waals surface area (Å²) in [6.45, 7) is 2.71. The second-order valence-corrected chi connectivity index (χ2v) is 5.60. The average molecular weight is 274 g/mol. The Balaban J connectivity index is 1.60. The van der Waals surface area contributed by atoms with Crippen LogP contribution in [-0.4, -0.2) is 42.9 Å². The highest BCUT2D eigenvalue weighted by molar-refractivity contribution is 5.36. The van der Waals surface area contributed by atoms with Crippen molar-refractivity contribution >= 4 is 0 Å². The Hall–Kier alpha value is -1.57. The number of hydrogen-bond acceptors (Lipinski definition) is 4. The van der Waals surface area contributed by atoms with Crippen molar-refractivity contribution in [3.05, 3.63) is 29.8 Å². The lowest BCUT2D eigenvalue weighted by Gasteiger charge is -2.34. The summed E-state index contributed by atoms with van der Waals surface area (Å²) in [4.78, 5) is 2.30.